The minimum absolute atomic E-state index is 0.103. The highest BCUT2D eigenvalue weighted by Gasteiger charge is 2.25. The first-order valence-corrected chi connectivity index (χ1v) is 11.2. The van der Waals surface area contributed by atoms with Crippen LogP contribution in [0.15, 0.2) is 9.95 Å². The van der Waals surface area contributed by atoms with Crippen LogP contribution in [-0.4, -0.2) is 41.0 Å². The van der Waals surface area contributed by atoms with Gasteiger partial charge in [0, 0.05) is 11.5 Å². The Hall–Kier alpha value is -1.38. The molecule has 0 unspecified atom stereocenters. The van der Waals surface area contributed by atoms with Crippen molar-refractivity contribution in [3.63, 3.8) is 0 Å². The average molecular weight is 411 g/mol. The predicted molar refractivity (Wildman–Crippen MR) is 109 cm³/mol. The van der Waals surface area contributed by atoms with E-state index in [4.69, 9.17) is 9.47 Å². The van der Waals surface area contributed by atoms with Crippen molar-refractivity contribution < 1.29 is 14.3 Å². The molecule has 3 rings (SSSR count). The van der Waals surface area contributed by atoms with Gasteiger partial charge in [-0.2, -0.15) is 0 Å². The first-order chi connectivity index (χ1) is 13.0. The average Bonchev–Trinajstić information content (AvgIpc) is 3.00. The van der Waals surface area contributed by atoms with Crippen LogP contribution in [0.2, 0.25) is 0 Å². The van der Waals surface area contributed by atoms with Gasteiger partial charge in [0.2, 0.25) is 0 Å². The summed E-state index contributed by atoms with van der Waals surface area (Å²) >= 11 is 2.88. The lowest BCUT2D eigenvalue weighted by Gasteiger charge is -2.17. The lowest BCUT2D eigenvalue weighted by Crippen LogP contribution is -2.22. The lowest BCUT2D eigenvalue weighted by atomic mass is 9.89. The molecule has 0 amide bonds. The number of rotatable bonds is 8. The van der Waals surface area contributed by atoms with Gasteiger partial charge in [-0.25, -0.2) is 4.98 Å². The zero-order chi connectivity index (χ0) is 19.4. The third-order valence-electron chi connectivity index (χ3n) is 4.71. The Labute approximate surface area is 167 Å². The number of aromatic amines is 1. The fourth-order valence-electron chi connectivity index (χ4n) is 3.26. The Kier molecular flexibility index (Phi) is 6.94. The number of carbonyl (C=O) groups is 1. The Bertz CT molecular complexity index is 861. The number of hydrogen-bond donors (Lipinski definition) is 1. The summed E-state index contributed by atoms with van der Waals surface area (Å²) in [5, 5.41) is 0.813. The van der Waals surface area contributed by atoms with Crippen LogP contribution in [0.5, 0.6) is 0 Å². The standard InChI is InChI=1S/C19H26N2O4S2/c1-4-13(18(23)25-9-8-24-5-2)27-19-20-16(22)15-12-7-6-11(3)10-14(12)26-17(15)21-19/h11,13H,4-10H2,1-3H3,(H,20,21,22)/t11-,13+/m1/s1. The third-order valence-corrected chi connectivity index (χ3v) is 7.08. The number of thiophene rings is 1. The summed E-state index contributed by atoms with van der Waals surface area (Å²) in [5.41, 5.74) is 1.06. The van der Waals surface area contributed by atoms with E-state index in [-0.39, 0.29) is 18.1 Å². The summed E-state index contributed by atoms with van der Waals surface area (Å²) in [7, 11) is 0. The molecule has 8 heteroatoms. The van der Waals surface area contributed by atoms with Crippen molar-refractivity contribution in [1.29, 1.82) is 0 Å². The molecule has 27 heavy (non-hydrogen) atoms. The van der Waals surface area contributed by atoms with Gasteiger partial charge in [-0.05, 0) is 44.1 Å². The number of nitrogens with zero attached hydrogens (tertiary/aromatic N) is 1. The molecule has 0 aliphatic heterocycles. The van der Waals surface area contributed by atoms with E-state index in [1.807, 2.05) is 13.8 Å². The number of nitrogens with one attached hydrogen (secondary N) is 1. The smallest absolute Gasteiger partial charge is 0.319 e. The van der Waals surface area contributed by atoms with E-state index in [0.29, 0.717) is 30.7 Å². The van der Waals surface area contributed by atoms with Crippen molar-refractivity contribution in [2.45, 2.75) is 56.9 Å². The van der Waals surface area contributed by atoms with Crippen LogP contribution >= 0.6 is 23.1 Å². The summed E-state index contributed by atoms with van der Waals surface area (Å²) in [4.78, 5) is 34.5. The zero-order valence-electron chi connectivity index (χ0n) is 16.0. The van der Waals surface area contributed by atoms with Crippen LogP contribution < -0.4 is 5.56 Å². The van der Waals surface area contributed by atoms with E-state index in [9.17, 15) is 9.59 Å². The summed E-state index contributed by atoms with van der Waals surface area (Å²) in [6.07, 6.45) is 3.66. The Morgan fingerprint density at radius 2 is 2.22 bits per heavy atom. The lowest BCUT2D eigenvalue weighted by molar-refractivity contribution is -0.144. The number of aromatic nitrogens is 2. The van der Waals surface area contributed by atoms with Crippen LogP contribution in [0.3, 0.4) is 0 Å². The second-order valence-corrected chi connectivity index (χ2v) is 9.06. The molecule has 148 valence electrons. The fraction of sp³-hybridized carbons (Fsp3) is 0.632. The molecule has 2 heterocycles. The second-order valence-electron chi connectivity index (χ2n) is 6.78. The molecule has 1 aliphatic carbocycles. The highest BCUT2D eigenvalue weighted by molar-refractivity contribution is 8.00. The van der Waals surface area contributed by atoms with E-state index < -0.39 is 5.25 Å². The maximum atomic E-state index is 12.7. The molecule has 1 N–H and O–H groups in total. The largest absolute Gasteiger partial charge is 0.462 e. The fourth-order valence-corrected chi connectivity index (χ4v) is 5.59. The van der Waals surface area contributed by atoms with Crippen molar-refractivity contribution in [3.8, 4) is 0 Å². The Morgan fingerprint density at radius 1 is 1.41 bits per heavy atom. The molecule has 2 aromatic heterocycles. The van der Waals surface area contributed by atoms with Crippen LogP contribution in [0.25, 0.3) is 10.2 Å². The number of aryl methyl sites for hydroxylation is 1. The van der Waals surface area contributed by atoms with Crippen molar-refractivity contribution in [3.05, 3.63) is 20.8 Å². The molecule has 0 saturated carbocycles. The van der Waals surface area contributed by atoms with Gasteiger partial charge in [0.05, 0.1) is 12.0 Å². The zero-order valence-corrected chi connectivity index (χ0v) is 17.6. The van der Waals surface area contributed by atoms with Gasteiger partial charge in [-0.3, -0.25) is 9.59 Å². The first kappa shape index (κ1) is 20.4. The maximum Gasteiger partial charge on any atom is 0.319 e. The van der Waals surface area contributed by atoms with E-state index in [2.05, 4.69) is 16.9 Å². The number of carbonyl (C=O) groups excluding carboxylic acids is 1. The molecule has 0 aromatic carbocycles. The highest BCUT2D eigenvalue weighted by Crippen LogP contribution is 2.36. The number of thioether (sulfide) groups is 1. The summed E-state index contributed by atoms with van der Waals surface area (Å²) in [6.45, 7) is 7.29. The Balaban J connectivity index is 1.76. The van der Waals surface area contributed by atoms with Crippen molar-refractivity contribution in [1.82, 2.24) is 9.97 Å². The van der Waals surface area contributed by atoms with Gasteiger partial charge in [0.15, 0.2) is 5.16 Å². The van der Waals surface area contributed by atoms with Crippen LogP contribution in [0, 0.1) is 5.92 Å². The molecule has 2 aromatic rings. The quantitative estimate of drug-likeness (QED) is 0.310. The summed E-state index contributed by atoms with van der Waals surface area (Å²) in [6, 6.07) is 0. The van der Waals surface area contributed by atoms with Crippen LogP contribution in [0.1, 0.15) is 44.1 Å². The number of ether oxygens (including phenoxy) is 2. The normalized spacial score (nSPS) is 17.7. The topological polar surface area (TPSA) is 81.3 Å². The molecule has 0 radical (unpaired) electrons. The monoisotopic (exact) mass is 410 g/mol. The number of fused-ring (bicyclic) bond motifs is 3. The molecule has 6 nitrogen and oxygen atoms in total. The van der Waals surface area contributed by atoms with Crippen molar-refractivity contribution >= 4 is 39.3 Å². The molecule has 1 aliphatic rings. The van der Waals surface area contributed by atoms with Gasteiger partial charge >= 0.3 is 5.97 Å². The second kappa shape index (κ2) is 9.21. The molecule has 2 atom stereocenters. The van der Waals surface area contributed by atoms with Gasteiger partial charge in [0.25, 0.3) is 5.56 Å². The van der Waals surface area contributed by atoms with Gasteiger partial charge in [-0.15, -0.1) is 11.3 Å². The molecular weight excluding hydrogens is 384 g/mol. The summed E-state index contributed by atoms with van der Waals surface area (Å²) in [5.74, 6) is 0.346. The first-order valence-electron chi connectivity index (χ1n) is 9.49. The molecule has 0 bridgehead atoms. The van der Waals surface area contributed by atoms with E-state index in [0.717, 1.165) is 29.5 Å². The number of esters is 1. The SMILES string of the molecule is CCOCCOC(=O)[C@H](CC)Sc1nc2sc3c(c2c(=O)[nH]1)CC[C@@H](C)C3. The summed E-state index contributed by atoms with van der Waals surface area (Å²) < 4.78 is 10.4. The van der Waals surface area contributed by atoms with Gasteiger partial charge < -0.3 is 14.5 Å². The Morgan fingerprint density at radius 3 is 2.96 bits per heavy atom. The minimum Gasteiger partial charge on any atom is -0.462 e. The van der Waals surface area contributed by atoms with Crippen LogP contribution in [0.4, 0.5) is 0 Å². The van der Waals surface area contributed by atoms with Crippen molar-refractivity contribution in [2.75, 3.05) is 19.8 Å². The molecule has 0 fully saturated rings. The van der Waals surface area contributed by atoms with E-state index in [1.54, 1.807) is 11.3 Å². The molecule has 0 saturated heterocycles. The highest BCUT2D eigenvalue weighted by atomic mass is 32.2. The predicted octanol–water partition coefficient (Wildman–Crippen LogP) is 3.56. The van der Waals surface area contributed by atoms with Gasteiger partial charge in [-0.1, -0.05) is 25.6 Å². The van der Waals surface area contributed by atoms with Gasteiger partial charge in [0.1, 0.15) is 16.7 Å². The number of H-pyrrole nitrogens is 1. The number of hydrogen-bond acceptors (Lipinski definition) is 7. The third kappa shape index (κ3) is 4.73. The van der Waals surface area contributed by atoms with Crippen molar-refractivity contribution in [2.24, 2.45) is 5.92 Å². The minimum atomic E-state index is -0.401. The maximum absolute atomic E-state index is 12.7. The molecule has 0 spiro atoms. The van der Waals surface area contributed by atoms with E-state index >= 15 is 0 Å². The molecular formula is C19H26N2O4S2. The van der Waals surface area contributed by atoms with Crippen LogP contribution in [-0.2, 0) is 27.1 Å². The van der Waals surface area contributed by atoms with E-state index in [1.165, 1.54) is 22.2 Å².